The number of aromatic nitrogens is 4. The van der Waals surface area contributed by atoms with Gasteiger partial charge in [0.25, 0.3) is 15.9 Å². The minimum atomic E-state index is -4.24. The standard InChI is InChI=1S/C32H43N7O4S/c1-5-33-26-7-6-8-29(34-26)44(41,42)37-31(40)25-13-14-27(35-30(25)38-20-21(2)19-32(38,3)4)39-17-15-28(36-39)43-18-16-24(22-9-10-22)23-11-12-23/h6-8,13-15,17,21-24H,5,9-12,16,18-20H2,1-4H3,(H,33,34)(H,37,40). The first-order valence-electron chi connectivity index (χ1n) is 15.8. The molecule has 4 heterocycles. The zero-order chi connectivity index (χ0) is 31.1. The van der Waals surface area contributed by atoms with E-state index in [1.165, 1.54) is 31.7 Å². The summed E-state index contributed by atoms with van der Waals surface area (Å²) in [7, 11) is -4.24. The molecule has 1 aliphatic heterocycles. The van der Waals surface area contributed by atoms with Gasteiger partial charge in [0.1, 0.15) is 11.6 Å². The van der Waals surface area contributed by atoms with Gasteiger partial charge in [0.05, 0.1) is 12.2 Å². The van der Waals surface area contributed by atoms with Gasteiger partial charge in [0, 0.05) is 30.9 Å². The topological polar surface area (TPSA) is 131 Å². The van der Waals surface area contributed by atoms with E-state index in [0.29, 0.717) is 48.9 Å². The van der Waals surface area contributed by atoms with Crippen LogP contribution in [0.2, 0.25) is 0 Å². The Bertz CT molecular complexity index is 1600. The highest BCUT2D eigenvalue weighted by Gasteiger charge is 2.41. The monoisotopic (exact) mass is 621 g/mol. The van der Waals surface area contributed by atoms with Crippen LogP contribution in [-0.4, -0.2) is 59.3 Å². The summed E-state index contributed by atoms with van der Waals surface area (Å²) in [5.74, 6) is 4.02. The van der Waals surface area contributed by atoms with Crippen molar-refractivity contribution in [2.24, 2.45) is 23.7 Å². The summed E-state index contributed by atoms with van der Waals surface area (Å²) in [4.78, 5) is 24.7. The molecule has 44 heavy (non-hydrogen) atoms. The average Bonchev–Trinajstić information content (AvgIpc) is 3.92. The van der Waals surface area contributed by atoms with Crippen LogP contribution in [0.1, 0.15) is 76.6 Å². The van der Waals surface area contributed by atoms with Crippen molar-refractivity contribution < 1.29 is 17.9 Å². The molecule has 12 heteroatoms. The van der Waals surface area contributed by atoms with E-state index in [1.807, 2.05) is 13.0 Å². The Labute approximate surface area is 259 Å². The van der Waals surface area contributed by atoms with Crippen molar-refractivity contribution in [2.75, 3.05) is 29.9 Å². The number of carbonyl (C=O) groups is 1. The molecule has 2 saturated carbocycles. The number of rotatable bonds is 13. The molecular weight excluding hydrogens is 578 g/mol. The lowest BCUT2D eigenvalue weighted by atomic mass is 9.95. The number of anilines is 2. The Hall–Kier alpha value is -3.67. The van der Waals surface area contributed by atoms with Crippen LogP contribution in [0.25, 0.3) is 5.82 Å². The summed E-state index contributed by atoms with van der Waals surface area (Å²) < 4.78 is 36.3. The summed E-state index contributed by atoms with van der Waals surface area (Å²) in [6.45, 7) is 10.2. The minimum Gasteiger partial charge on any atom is -0.477 e. The molecule has 1 amide bonds. The number of nitrogens with one attached hydrogen (secondary N) is 2. The van der Waals surface area contributed by atoms with E-state index in [2.05, 4.69) is 45.8 Å². The molecule has 1 saturated heterocycles. The molecule has 3 fully saturated rings. The van der Waals surface area contributed by atoms with E-state index >= 15 is 0 Å². The lowest BCUT2D eigenvalue weighted by Gasteiger charge is -2.34. The molecule has 2 aliphatic carbocycles. The van der Waals surface area contributed by atoms with Gasteiger partial charge in [-0.15, -0.1) is 5.10 Å². The summed E-state index contributed by atoms with van der Waals surface area (Å²) in [6, 6.07) is 9.73. The van der Waals surface area contributed by atoms with Gasteiger partial charge in [-0.1, -0.05) is 13.0 Å². The third kappa shape index (κ3) is 6.69. The summed E-state index contributed by atoms with van der Waals surface area (Å²) in [6.07, 6.45) is 9.20. The predicted molar refractivity (Wildman–Crippen MR) is 169 cm³/mol. The Morgan fingerprint density at radius 3 is 2.50 bits per heavy atom. The summed E-state index contributed by atoms with van der Waals surface area (Å²) in [5, 5.41) is 7.37. The van der Waals surface area contributed by atoms with Gasteiger partial charge in [0.2, 0.25) is 5.88 Å². The van der Waals surface area contributed by atoms with Crippen molar-refractivity contribution >= 4 is 27.6 Å². The van der Waals surface area contributed by atoms with Crippen LogP contribution >= 0.6 is 0 Å². The van der Waals surface area contributed by atoms with E-state index in [-0.39, 0.29) is 16.1 Å². The molecule has 1 unspecified atom stereocenters. The van der Waals surface area contributed by atoms with E-state index in [0.717, 1.165) is 30.6 Å². The molecule has 11 nitrogen and oxygen atoms in total. The predicted octanol–water partition coefficient (Wildman–Crippen LogP) is 5.04. The Kier molecular flexibility index (Phi) is 8.29. The molecule has 236 valence electrons. The number of hydrogen-bond donors (Lipinski definition) is 2. The fourth-order valence-corrected chi connectivity index (χ4v) is 7.63. The van der Waals surface area contributed by atoms with Crippen LogP contribution < -0.4 is 19.7 Å². The first kappa shape index (κ1) is 30.4. The maximum Gasteiger partial charge on any atom is 0.281 e. The zero-order valence-corrected chi connectivity index (χ0v) is 26.8. The highest BCUT2D eigenvalue weighted by molar-refractivity contribution is 7.90. The fraction of sp³-hybridized carbons (Fsp3) is 0.562. The minimum absolute atomic E-state index is 0.164. The molecule has 1 atom stereocenters. The first-order chi connectivity index (χ1) is 21.0. The van der Waals surface area contributed by atoms with E-state index < -0.39 is 15.9 Å². The second-order valence-electron chi connectivity index (χ2n) is 13.2. The number of hydrogen-bond acceptors (Lipinski definition) is 9. The Balaban J connectivity index is 1.23. The summed E-state index contributed by atoms with van der Waals surface area (Å²) in [5.41, 5.74) is -0.129. The molecule has 6 rings (SSSR count). The summed E-state index contributed by atoms with van der Waals surface area (Å²) >= 11 is 0. The van der Waals surface area contributed by atoms with Crippen molar-refractivity contribution in [2.45, 2.75) is 76.8 Å². The SMILES string of the molecule is CCNc1cccc(S(=O)(=O)NC(=O)c2ccc(-n3ccc(OCCC(C4CC4)C4CC4)n3)nc2N2CC(C)CC2(C)C)n1. The second-order valence-corrected chi connectivity index (χ2v) is 14.8. The van der Waals surface area contributed by atoms with E-state index in [9.17, 15) is 13.2 Å². The van der Waals surface area contributed by atoms with Crippen LogP contribution in [0.15, 0.2) is 47.6 Å². The van der Waals surface area contributed by atoms with Gasteiger partial charge in [-0.25, -0.2) is 19.4 Å². The second kappa shape index (κ2) is 12.0. The maximum atomic E-state index is 13.6. The molecule has 3 aromatic rings. The number of pyridine rings is 2. The highest BCUT2D eigenvalue weighted by Crippen LogP contribution is 2.50. The number of sulfonamides is 1. The number of nitrogens with zero attached hydrogens (tertiary/aromatic N) is 5. The van der Waals surface area contributed by atoms with Gasteiger partial charge >= 0.3 is 0 Å². The van der Waals surface area contributed by atoms with Gasteiger partial charge in [-0.3, -0.25) is 4.79 Å². The molecule has 2 N–H and O–H groups in total. The van der Waals surface area contributed by atoms with Crippen molar-refractivity contribution in [3.63, 3.8) is 0 Å². The number of carbonyl (C=O) groups excluding carboxylic acids is 1. The van der Waals surface area contributed by atoms with E-state index in [1.54, 1.807) is 35.1 Å². The van der Waals surface area contributed by atoms with Crippen molar-refractivity contribution in [3.05, 3.63) is 48.2 Å². The fourth-order valence-electron chi connectivity index (χ4n) is 6.70. The zero-order valence-electron chi connectivity index (χ0n) is 26.0. The lowest BCUT2D eigenvalue weighted by Crippen LogP contribution is -2.41. The average molecular weight is 622 g/mol. The largest absolute Gasteiger partial charge is 0.477 e. The van der Waals surface area contributed by atoms with Gasteiger partial charge in [0.15, 0.2) is 10.8 Å². The third-order valence-electron chi connectivity index (χ3n) is 8.97. The van der Waals surface area contributed by atoms with Crippen molar-refractivity contribution in [1.29, 1.82) is 0 Å². The van der Waals surface area contributed by atoms with Crippen molar-refractivity contribution in [1.82, 2.24) is 24.5 Å². The van der Waals surface area contributed by atoms with Crippen LogP contribution in [-0.2, 0) is 10.0 Å². The van der Waals surface area contributed by atoms with Crippen LogP contribution in [0, 0.1) is 23.7 Å². The molecule has 3 aliphatic rings. The smallest absolute Gasteiger partial charge is 0.281 e. The number of ether oxygens (including phenoxy) is 1. The highest BCUT2D eigenvalue weighted by atomic mass is 32.2. The molecule has 3 aromatic heterocycles. The van der Waals surface area contributed by atoms with Crippen LogP contribution in [0.4, 0.5) is 11.6 Å². The van der Waals surface area contributed by atoms with Gasteiger partial charge in [-0.05, 0) is 107 Å². The molecule has 0 bridgehead atoms. The van der Waals surface area contributed by atoms with Crippen LogP contribution in [0.3, 0.4) is 0 Å². The lowest BCUT2D eigenvalue weighted by molar-refractivity contribution is 0.0981. The van der Waals surface area contributed by atoms with Crippen LogP contribution in [0.5, 0.6) is 5.88 Å². The van der Waals surface area contributed by atoms with E-state index in [4.69, 9.17) is 9.72 Å². The number of amides is 1. The first-order valence-corrected chi connectivity index (χ1v) is 17.3. The van der Waals surface area contributed by atoms with Gasteiger partial charge < -0.3 is 15.0 Å². The maximum absolute atomic E-state index is 13.6. The third-order valence-corrected chi connectivity index (χ3v) is 10.2. The molecule has 0 spiro atoms. The molecule has 0 radical (unpaired) electrons. The molecular formula is C32H43N7O4S. The molecule has 0 aromatic carbocycles. The quantitative estimate of drug-likeness (QED) is 0.269. The Morgan fingerprint density at radius 2 is 1.84 bits per heavy atom. The Morgan fingerprint density at radius 1 is 1.09 bits per heavy atom. The van der Waals surface area contributed by atoms with Gasteiger partial charge in [-0.2, -0.15) is 8.42 Å². The van der Waals surface area contributed by atoms with Crippen molar-refractivity contribution in [3.8, 4) is 11.7 Å². The normalized spacial score (nSPS) is 19.8.